The first kappa shape index (κ1) is 13.2. The minimum atomic E-state index is -0.0854. The van der Waals surface area contributed by atoms with Gasteiger partial charge in [-0.3, -0.25) is 4.79 Å². The molecule has 0 aromatic carbocycles. The minimum Gasteiger partial charge on any atom is -0.370 e. The minimum absolute atomic E-state index is 0.0854. The fourth-order valence-corrected chi connectivity index (χ4v) is 2.31. The van der Waals surface area contributed by atoms with Gasteiger partial charge in [-0.25, -0.2) is 0 Å². The first-order valence-electron chi connectivity index (χ1n) is 6.71. The molecule has 1 aliphatic rings. The van der Waals surface area contributed by atoms with Crippen LogP contribution in [-0.4, -0.2) is 22.5 Å². The van der Waals surface area contributed by atoms with Gasteiger partial charge < -0.3 is 9.26 Å². The van der Waals surface area contributed by atoms with Gasteiger partial charge in [0.1, 0.15) is 11.9 Å². The molecule has 1 saturated carbocycles. The summed E-state index contributed by atoms with van der Waals surface area (Å²) in [6, 6.07) is 0. The number of rotatable bonds is 5. The largest absolute Gasteiger partial charge is 0.370 e. The van der Waals surface area contributed by atoms with Crippen LogP contribution in [0.1, 0.15) is 69.7 Å². The third kappa shape index (κ3) is 2.96. The van der Waals surface area contributed by atoms with Crippen LogP contribution >= 0.6 is 0 Å². The molecule has 0 bridgehead atoms. The Bertz CT molecular complexity index is 393. The number of nitrogens with zero attached hydrogens (tertiary/aromatic N) is 2. The first-order chi connectivity index (χ1) is 8.74. The Kier molecular flexibility index (Phi) is 4.47. The summed E-state index contributed by atoms with van der Waals surface area (Å²) in [5, 5.41) is 4.00. The summed E-state index contributed by atoms with van der Waals surface area (Å²) in [4.78, 5) is 15.6. The Morgan fingerprint density at radius 1 is 1.39 bits per heavy atom. The van der Waals surface area contributed by atoms with Gasteiger partial charge in [-0.15, -0.1) is 0 Å². The number of ether oxygens (including phenoxy) is 1. The zero-order valence-corrected chi connectivity index (χ0v) is 11.0. The van der Waals surface area contributed by atoms with E-state index in [-0.39, 0.29) is 12.0 Å². The van der Waals surface area contributed by atoms with Gasteiger partial charge in [0.15, 0.2) is 0 Å². The van der Waals surface area contributed by atoms with Crippen molar-refractivity contribution >= 4 is 5.78 Å². The van der Waals surface area contributed by atoms with Gasteiger partial charge in [0, 0.05) is 25.4 Å². The quantitative estimate of drug-likeness (QED) is 0.806. The Morgan fingerprint density at radius 3 is 2.72 bits per heavy atom. The summed E-state index contributed by atoms with van der Waals surface area (Å²) in [7, 11) is 0. The Hall–Kier alpha value is -1.23. The maximum absolute atomic E-state index is 11.2. The van der Waals surface area contributed by atoms with Crippen LogP contribution in [0.4, 0.5) is 0 Å². The number of carbonyl (C=O) groups is 1. The zero-order chi connectivity index (χ0) is 13.0. The topological polar surface area (TPSA) is 65.2 Å². The van der Waals surface area contributed by atoms with Crippen molar-refractivity contribution in [1.29, 1.82) is 0 Å². The van der Waals surface area contributed by atoms with Crippen molar-refractivity contribution in [3.63, 3.8) is 0 Å². The molecule has 5 heteroatoms. The van der Waals surface area contributed by atoms with E-state index in [2.05, 4.69) is 10.1 Å². The second kappa shape index (κ2) is 6.09. The molecule has 1 fully saturated rings. The predicted octanol–water partition coefficient (Wildman–Crippen LogP) is 2.78. The van der Waals surface area contributed by atoms with E-state index < -0.39 is 0 Å². The summed E-state index contributed by atoms with van der Waals surface area (Å²) >= 11 is 0. The number of Topliss-reactive ketones (excluding diaryl/α,β-unsaturated/α-hetero) is 1. The highest BCUT2D eigenvalue weighted by atomic mass is 16.5. The van der Waals surface area contributed by atoms with Crippen LogP contribution in [0.5, 0.6) is 0 Å². The van der Waals surface area contributed by atoms with Crippen LogP contribution in [0.25, 0.3) is 0 Å². The van der Waals surface area contributed by atoms with Crippen molar-refractivity contribution in [3.8, 4) is 0 Å². The molecule has 1 heterocycles. The molecule has 0 saturated heterocycles. The zero-order valence-electron chi connectivity index (χ0n) is 11.0. The van der Waals surface area contributed by atoms with Gasteiger partial charge in [-0.2, -0.15) is 4.98 Å². The molecular weight excluding hydrogens is 232 g/mol. The molecule has 0 N–H and O–H groups in total. The Morgan fingerprint density at radius 2 is 2.11 bits per heavy atom. The van der Waals surface area contributed by atoms with E-state index in [4.69, 9.17) is 9.26 Å². The van der Waals surface area contributed by atoms with Gasteiger partial charge in [0.25, 0.3) is 0 Å². The number of carbonyl (C=O) groups excluding carboxylic acids is 1. The van der Waals surface area contributed by atoms with Crippen molar-refractivity contribution in [2.75, 3.05) is 6.61 Å². The summed E-state index contributed by atoms with van der Waals surface area (Å²) in [5.41, 5.74) is 0. The lowest BCUT2D eigenvalue weighted by molar-refractivity contribution is -0.120. The molecule has 18 heavy (non-hydrogen) atoms. The summed E-state index contributed by atoms with van der Waals surface area (Å²) < 4.78 is 10.9. The molecule has 100 valence electrons. The average Bonchev–Trinajstić information content (AvgIpc) is 2.86. The SMILES string of the molecule is CCOC(CC)c1noc(C2CCC(=O)CC2)n1. The molecule has 1 atom stereocenters. The van der Waals surface area contributed by atoms with E-state index in [0.717, 1.165) is 19.3 Å². The standard InChI is InChI=1S/C13H20N2O3/c1-3-11(17-4-2)12-14-13(18-15-12)9-5-7-10(16)8-6-9/h9,11H,3-8H2,1-2H3. The van der Waals surface area contributed by atoms with E-state index in [1.54, 1.807) is 0 Å². The summed E-state index contributed by atoms with van der Waals surface area (Å²) in [5.74, 6) is 1.87. The van der Waals surface area contributed by atoms with E-state index >= 15 is 0 Å². The molecule has 1 aromatic heterocycles. The maximum atomic E-state index is 11.2. The van der Waals surface area contributed by atoms with Gasteiger partial charge in [0.2, 0.25) is 11.7 Å². The summed E-state index contributed by atoms with van der Waals surface area (Å²) in [6.07, 6.45) is 3.65. The van der Waals surface area contributed by atoms with E-state index in [1.807, 2.05) is 13.8 Å². The smallest absolute Gasteiger partial charge is 0.229 e. The van der Waals surface area contributed by atoms with Crippen LogP contribution in [0.2, 0.25) is 0 Å². The van der Waals surface area contributed by atoms with Crippen molar-refractivity contribution in [2.45, 2.75) is 58.0 Å². The normalized spacial score (nSPS) is 19.1. The van der Waals surface area contributed by atoms with Crippen molar-refractivity contribution in [2.24, 2.45) is 0 Å². The number of ketones is 1. The van der Waals surface area contributed by atoms with Gasteiger partial charge >= 0.3 is 0 Å². The highest BCUT2D eigenvalue weighted by Gasteiger charge is 2.26. The Balaban J connectivity index is 2.03. The van der Waals surface area contributed by atoms with Crippen molar-refractivity contribution < 1.29 is 14.1 Å². The number of aromatic nitrogens is 2. The molecule has 0 amide bonds. The second-order valence-electron chi connectivity index (χ2n) is 4.66. The van der Waals surface area contributed by atoms with E-state index in [0.29, 0.717) is 36.9 Å². The third-order valence-electron chi connectivity index (χ3n) is 3.38. The predicted molar refractivity (Wildman–Crippen MR) is 65.2 cm³/mol. The molecule has 0 spiro atoms. The average molecular weight is 252 g/mol. The van der Waals surface area contributed by atoms with Crippen molar-refractivity contribution in [1.82, 2.24) is 10.1 Å². The third-order valence-corrected chi connectivity index (χ3v) is 3.38. The molecule has 1 aromatic rings. The van der Waals surface area contributed by atoms with Crippen LogP contribution in [0.15, 0.2) is 4.52 Å². The monoisotopic (exact) mass is 252 g/mol. The number of hydrogen-bond donors (Lipinski definition) is 0. The van der Waals surface area contributed by atoms with Crippen molar-refractivity contribution in [3.05, 3.63) is 11.7 Å². The highest BCUT2D eigenvalue weighted by Crippen LogP contribution is 2.31. The second-order valence-corrected chi connectivity index (χ2v) is 4.66. The van der Waals surface area contributed by atoms with Gasteiger partial charge in [0.05, 0.1) is 0 Å². The lowest BCUT2D eigenvalue weighted by atomic mass is 9.88. The van der Waals surface area contributed by atoms with Gasteiger partial charge in [-0.1, -0.05) is 12.1 Å². The Labute approximate surface area is 107 Å². The van der Waals surface area contributed by atoms with Crippen LogP contribution in [0.3, 0.4) is 0 Å². The first-order valence-corrected chi connectivity index (χ1v) is 6.71. The van der Waals surface area contributed by atoms with Gasteiger partial charge in [-0.05, 0) is 26.2 Å². The molecule has 1 aliphatic carbocycles. The lowest BCUT2D eigenvalue weighted by Crippen LogP contribution is -2.13. The molecule has 0 aliphatic heterocycles. The van der Waals surface area contributed by atoms with Crippen LogP contribution in [-0.2, 0) is 9.53 Å². The number of hydrogen-bond acceptors (Lipinski definition) is 5. The maximum Gasteiger partial charge on any atom is 0.229 e. The molecule has 2 rings (SSSR count). The molecule has 1 unspecified atom stereocenters. The fraction of sp³-hybridized carbons (Fsp3) is 0.769. The highest BCUT2D eigenvalue weighted by molar-refractivity contribution is 5.79. The molecule has 0 radical (unpaired) electrons. The fourth-order valence-electron chi connectivity index (χ4n) is 2.31. The van der Waals surface area contributed by atoms with E-state index in [9.17, 15) is 4.79 Å². The lowest BCUT2D eigenvalue weighted by Gasteiger charge is -2.16. The van der Waals surface area contributed by atoms with Crippen LogP contribution in [0, 0.1) is 0 Å². The molecular formula is C13H20N2O3. The van der Waals surface area contributed by atoms with E-state index in [1.165, 1.54) is 0 Å². The van der Waals surface area contributed by atoms with Crippen LogP contribution < -0.4 is 0 Å². The summed E-state index contributed by atoms with van der Waals surface area (Å²) in [6.45, 7) is 4.63. The molecule has 5 nitrogen and oxygen atoms in total.